The molecular weight excluding hydrogens is 434 g/mol. The number of nitrogens with zero attached hydrogens (tertiary/aromatic N) is 1. The Hall–Kier alpha value is -1.73. The van der Waals surface area contributed by atoms with E-state index in [1.165, 1.54) is 103 Å². The number of hydrogen-bond donors (Lipinski definition) is 1. The summed E-state index contributed by atoms with van der Waals surface area (Å²) in [5.74, 6) is 1.18. The number of benzene rings is 1. The molecule has 1 rings (SSSR count). The number of aliphatic hydroxyl groups excluding tert-OH is 1. The average molecular weight is 488 g/mol. The Morgan fingerprint density at radius 3 is 1.66 bits per heavy atom. The predicted molar refractivity (Wildman–Crippen MR) is 147 cm³/mol. The van der Waals surface area contributed by atoms with Gasteiger partial charge < -0.3 is 14.6 Å². The van der Waals surface area contributed by atoms with Crippen LogP contribution in [0.15, 0.2) is 18.2 Å². The summed E-state index contributed by atoms with van der Waals surface area (Å²) >= 11 is 0. The van der Waals surface area contributed by atoms with Crippen molar-refractivity contribution in [1.82, 2.24) is 0 Å². The molecule has 0 unspecified atom stereocenters. The minimum atomic E-state index is -0.217. The largest absolute Gasteiger partial charge is 0.489 e. The van der Waals surface area contributed by atoms with Crippen LogP contribution < -0.4 is 9.47 Å². The standard InChI is InChI=1S/C31H53NO3/c1-4-5-6-7-8-9-10-11-12-13-14-15-16-17-18-19-20-21-30(26-33)35-29-23-22-28(25-32)31(24-29)34-27(2)3/h22-24,27,30,33H,4-21,26H2,1-3H3/t30-/m1/s1. The zero-order valence-electron chi connectivity index (χ0n) is 23.0. The third kappa shape index (κ3) is 16.5. The molecular formula is C31H53NO3. The topological polar surface area (TPSA) is 62.5 Å². The molecule has 0 amide bonds. The highest BCUT2D eigenvalue weighted by Gasteiger charge is 2.12. The summed E-state index contributed by atoms with van der Waals surface area (Å²) < 4.78 is 11.7. The fourth-order valence-corrected chi connectivity index (χ4v) is 4.50. The summed E-state index contributed by atoms with van der Waals surface area (Å²) in [6.07, 6.45) is 23.7. The van der Waals surface area contributed by atoms with Gasteiger partial charge in [-0.05, 0) is 38.8 Å². The van der Waals surface area contributed by atoms with Crippen LogP contribution in [-0.2, 0) is 0 Å². The number of ether oxygens (including phenoxy) is 2. The first-order valence-electron chi connectivity index (χ1n) is 14.6. The van der Waals surface area contributed by atoms with E-state index in [1.807, 2.05) is 13.8 Å². The van der Waals surface area contributed by atoms with Crippen molar-refractivity contribution in [3.8, 4) is 17.6 Å². The van der Waals surface area contributed by atoms with Gasteiger partial charge in [-0.3, -0.25) is 0 Å². The average Bonchev–Trinajstić information content (AvgIpc) is 2.85. The van der Waals surface area contributed by atoms with Crippen LogP contribution in [0.2, 0.25) is 0 Å². The summed E-state index contributed by atoms with van der Waals surface area (Å²) in [5, 5.41) is 19.0. The van der Waals surface area contributed by atoms with Crippen molar-refractivity contribution >= 4 is 0 Å². The number of hydrogen-bond acceptors (Lipinski definition) is 4. The van der Waals surface area contributed by atoms with Crippen LogP contribution in [0.4, 0.5) is 0 Å². The van der Waals surface area contributed by atoms with Gasteiger partial charge >= 0.3 is 0 Å². The van der Waals surface area contributed by atoms with Crippen molar-refractivity contribution in [3.63, 3.8) is 0 Å². The predicted octanol–water partition coefficient (Wildman–Crippen LogP) is 9.13. The molecule has 0 radical (unpaired) electrons. The summed E-state index contributed by atoms with van der Waals surface area (Å²) in [5.41, 5.74) is 0.500. The van der Waals surface area contributed by atoms with E-state index in [0.717, 1.165) is 12.8 Å². The molecule has 1 N–H and O–H groups in total. The van der Waals surface area contributed by atoms with Gasteiger partial charge in [-0.25, -0.2) is 0 Å². The zero-order valence-corrected chi connectivity index (χ0v) is 23.0. The Morgan fingerprint density at radius 1 is 0.743 bits per heavy atom. The number of rotatable bonds is 23. The lowest BCUT2D eigenvalue weighted by atomic mass is 10.0. The van der Waals surface area contributed by atoms with Crippen LogP contribution in [0.25, 0.3) is 0 Å². The van der Waals surface area contributed by atoms with Crippen LogP contribution in [-0.4, -0.2) is 23.9 Å². The summed E-state index contributed by atoms with van der Waals surface area (Å²) in [6.45, 7) is 6.15. The number of nitriles is 1. The van der Waals surface area contributed by atoms with Gasteiger partial charge in [0.1, 0.15) is 23.7 Å². The molecule has 0 saturated heterocycles. The molecule has 35 heavy (non-hydrogen) atoms. The third-order valence-electron chi connectivity index (χ3n) is 6.57. The first-order valence-corrected chi connectivity index (χ1v) is 14.6. The molecule has 1 aromatic carbocycles. The molecule has 0 aromatic heterocycles. The third-order valence-corrected chi connectivity index (χ3v) is 6.57. The van der Waals surface area contributed by atoms with Crippen molar-refractivity contribution in [1.29, 1.82) is 5.26 Å². The van der Waals surface area contributed by atoms with Gasteiger partial charge in [0, 0.05) is 6.07 Å². The summed E-state index contributed by atoms with van der Waals surface area (Å²) in [4.78, 5) is 0. The molecule has 200 valence electrons. The normalized spacial score (nSPS) is 12.0. The fourth-order valence-electron chi connectivity index (χ4n) is 4.50. The molecule has 0 spiro atoms. The lowest BCUT2D eigenvalue weighted by Gasteiger charge is -2.18. The summed E-state index contributed by atoms with van der Waals surface area (Å²) in [7, 11) is 0. The maximum Gasteiger partial charge on any atom is 0.141 e. The molecule has 0 bridgehead atoms. The molecule has 4 nitrogen and oxygen atoms in total. The van der Waals surface area contributed by atoms with Gasteiger partial charge in [-0.2, -0.15) is 5.26 Å². The molecule has 0 aliphatic carbocycles. The Kier molecular flexibility index (Phi) is 19.3. The van der Waals surface area contributed by atoms with E-state index in [2.05, 4.69) is 13.0 Å². The van der Waals surface area contributed by atoms with E-state index < -0.39 is 0 Å². The van der Waals surface area contributed by atoms with E-state index in [9.17, 15) is 10.4 Å². The van der Waals surface area contributed by atoms with E-state index in [4.69, 9.17) is 9.47 Å². The minimum Gasteiger partial charge on any atom is -0.489 e. The Morgan fingerprint density at radius 2 is 1.23 bits per heavy atom. The highest BCUT2D eigenvalue weighted by Crippen LogP contribution is 2.27. The molecule has 0 saturated carbocycles. The highest BCUT2D eigenvalue weighted by atomic mass is 16.5. The second-order valence-corrected chi connectivity index (χ2v) is 10.3. The number of aliphatic hydroxyl groups is 1. The molecule has 4 heteroatoms. The molecule has 0 aliphatic rings. The van der Waals surface area contributed by atoms with Gasteiger partial charge in [0.25, 0.3) is 0 Å². The van der Waals surface area contributed by atoms with E-state index in [-0.39, 0.29) is 18.8 Å². The van der Waals surface area contributed by atoms with Gasteiger partial charge in [-0.1, -0.05) is 110 Å². The zero-order chi connectivity index (χ0) is 25.6. The molecule has 0 fully saturated rings. The quantitative estimate of drug-likeness (QED) is 0.156. The SMILES string of the molecule is CCCCCCCCCCCCCCCCCCC[C@H](CO)Oc1ccc(C#N)c(OC(C)C)c1. The van der Waals surface area contributed by atoms with Crippen LogP contribution in [0, 0.1) is 11.3 Å². The van der Waals surface area contributed by atoms with Gasteiger partial charge in [-0.15, -0.1) is 0 Å². The van der Waals surface area contributed by atoms with E-state index in [0.29, 0.717) is 17.1 Å². The van der Waals surface area contributed by atoms with Crippen molar-refractivity contribution in [3.05, 3.63) is 23.8 Å². The second kappa shape index (κ2) is 21.5. The molecule has 1 aromatic rings. The van der Waals surface area contributed by atoms with Crippen molar-refractivity contribution < 1.29 is 14.6 Å². The molecule has 0 heterocycles. The van der Waals surface area contributed by atoms with Gasteiger partial charge in [0.15, 0.2) is 0 Å². The first kappa shape index (κ1) is 31.3. The van der Waals surface area contributed by atoms with E-state index >= 15 is 0 Å². The number of unbranched alkanes of at least 4 members (excludes halogenated alkanes) is 16. The first-order chi connectivity index (χ1) is 17.1. The van der Waals surface area contributed by atoms with Crippen LogP contribution >= 0.6 is 0 Å². The smallest absolute Gasteiger partial charge is 0.141 e. The Labute approximate surface area is 216 Å². The lowest BCUT2D eigenvalue weighted by Crippen LogP contribution is -2.21. The van der Waals surface area contributed by atoms with Crippen molar-refractivity contribution in [2.45, 2.75) is 149 Å². The van der Waals surface area contributed by atoms with Crippen LogP contribution in [0.1, 0.15) is 142 Å². The lowest BCUT2D eigenvalue weighted by molar-refractivity contribution is 0.105. The van der Waals surface area contributed by atoms with Crippen LogP contribution in [0.5, 0.6) is 11.5 Å². The maximum absolute atomic E-state index is 9.73. The van der Waals surface area contributed by atoms with E-state index in [1.54, 1.807) is 18.2 Å². The van der Waals surface area contributed by atoms with Crippen molar-refractivity contribution in [2.24, 2.45) is 0 Å². The minimum absolute atomic E-state index is 0.000764. The molecule has 1 atom stereocenters. The second-order valence-electron chi connectivity index (χ2n) is 10.3. The Balaban J connectivity index is 2.03. The van der Waals surface area contributed by atoms with Gasteiger partial charge in [0.2, 0.25) is 0 Å². The fraction of sp³-hybridized carbons (Fsp3) is 0.774. The van der Waals surface area contributed by atoms with Crippen LogP contribution in [0.3, 0.4) is 0 Å². The Bertz CT molecular complexity index is 668. The highest BCUT2D eigenvalue weighted by molar-refractivity contribution is 5.47. The maximum atomic E-state index is 9.73. The van der Waals surface area contributed by atoms with Gasteiger partial charge in [0.05, 0.1) is 18.3 Å². The monoisotopic (exact) mass is 487 g/mol. The summed E-state index contributed by atoms with van der Waals surface area (Å²) in [6, 6.07) is 7.41. The van der Waals surface area contributed by atoms with Crippen molar-refractivity contribution in [2.75, 3.05) is 6.61 Å². The molecule has 0 aliphatic heterocycles.